The average molecular weight is 260 g/mol. The topological polar surface area (TPSA) is 59.2 Å². The Kier molecular flexibility index (Phi) is 4.38. The minimum absolute atomic E-state index is 0.223. The molecule has 1 N–H and O–H groups in total. The molecule has 17 heavy (non-hydrogen) atoms. The van der Waals surface area contributed by atoms with E-state index in [2.05, 4.69) is 14.7 Å². The van der Waals surface area contributed by atoms with Gasteiger partial charge >= 0.3 is 6.18 Å². The number of hydrogen-bond acceptors (Lipinski definition) is 4. The van der Waals surface area contributed by atoms with Crippen molar-refractivity contribution in [1.29, 1.82) is 0 Å². The standard InChI is InChI=1S/C8H9F5N2O2/c9-7(10)4(16)3-6-14-5(15-17-6)1-2-8(11,12)13/h4,7,16H,1-3H2. The fourth-order valence-electron chi connectivity index (χ4n) is 0.996. The van der Waals surface area contributed by atoms with E-state index in [0.717, 1.165) is 0 Å². The maximum absolute atomic E-state index is 11.9. The van der Waals surface area contributed by atoms with Gasteiger partial charge < -0.3 is 9.63 Å². The summed E-state index contributed by atoms with van der Waals surface area (Å²) in [6, 6.07) is 0. The Morgan fingerprint density at radius 2 is 1.94 bits per heavy atom. The van der Waals surface area contributed by atoms with Crippen molar-refractivity contribution >= 4 is 0 Å². The van der Waals surface area contributed by atoms with Crippen LogP contribution >= 0.6 is 0 Å². The molecule has 0 saturated carbocycles. The van der Waals surface area contributed by atoms with Crippen molar-refractivity contribution in [2.75, 3.05) is 0 Å². The Morgan fingerprint density at radius 3 is 2.47 bits per heavy atom. The second-order valence-electron chi connectivity index (χ2n) is 3.33. The summed E-state index contributed by atoms with van der Waals surface area (Å²) < 4.78 is 63.8. The Balaban J connectivity index is 2.48. The van der Waals surface area contributed by atoms with Crippen LogP contribution in [0.25, 0.3) is 0 Å². The van der Waals surface area contributed by atoms with Crippen LogP contribution in [0.1, 0.15) is 18.1 Å². The molecule has 1 rings (SSSR count). The first-order valence-electron chi connectivity index (χ1n) is 4.62. The molecule has 0 spiro atoms. The fraction of sp³-hybridized carbons (Fsp3) is 0.750. The first-order chi connectivity index (χ1) is 7.78. The summed E-state index contributed by atoms with van der Waals surface area (Å²) in [5, 5.41) is 12.0. The smallest absolute Gasteiger partial charge is 0.387 e. The number of aryl methyl sites for hydroxylation is 1. The van der Waals surface area contributed by atoms with Gasteiger partial charge in [-0.25, -0.2) is 8.78 Å². The highest BCUT2D eigenvalue weighted by atomic mass is 19.4. The molecule has 1 atom stereocenters. The van der Waals surface area contributed by atoms with E-state index in [4.69, 9.17) is 5.11 Å². The first-order valence-corrected chi connectivity index (χ1v) is 4.62. The van der Waals surface area contributed by atoms with Crippen LogP contribution in [0.4, 0.5) is 22.0 Å². The van der Waals surface area contributed by atoms with Gasteiger partial charge in [0, 0.05) is 6.42 Å². The second kappa shape index (κ2) is 5.39. The third-order valence-corrected chi connectivity index (χ3v) is 1.82. The molecule has 1 aromatic rings. The number of halogens is 5. The Bertz CT molecular complexity index is 352. The summed E-state index contributed by atoms with van der Waals surface area (Å²) in [7, 11) is 0. The van der Waals surface area contributed by atoms with Gasteiger partial charge in [0.1, 0.15) is 6.10 Å². The van der Waals surface area contributed by atoms with Gasteiger partial charge in [-0.15, -0.1) is 0 Å². The number of aromatic nitrogens is 2. The largest absolute Gasteiger partial charge is 0.389 e. The van der Waals surface area contributed by atoms with E-state index in [1.807, 2.05) is 0 Å². The second-order valence-corrected chi connectivity index (χ2v) is 3.33. The molecule has 0 saturated heterocycles. The van der Waals surface area contributed by atoms with Crippen LogP contribution in [0.2, 0.25) is 0 Å². The van der Waals surface area contributed by atoms with Gasteiger partial charge in [0.15, 0.2) is 5.82 Å². The van der Waals surface area contributed by atoms with Gasteiger partial charge in [0.05, 0.1) is 12.8 Å². The van der Waals surface area contributed by atoms with Gasteiger partial charge in [-0.3, -0.25) is 0 Å². The number of aliphatic hydroxyl groups is 1. The third-order valence-electron chi connectivity index (χ3n) is 1.82. The average Bonchev–Trinajstić information content (AvgIpc) is 2.61. The molecule has 0 aliphatic carbocycles. The number of aliphatic hydroxyl groups excluding tert-OH is 1. The molecule has 0 aliphatic rings. The zero-order valence-electron chi connectivity index (χ0n) is 8.42. The summed E-state index contributed by atoms with van der Waals surface area (Å²) in [5.74, 6) is -0.534. The number of alkyl halides is 5. The monoisotopic (exact) mass is 260 g/mol. The highest BCUT2D eigenvalue weighted by Gasteiger charge is 2.28. The van der Waals surface area contributed by atoms with Crippen LogP contribution in [-0.4, -0.2) is 34.0 Å². The Hall–Kier alpha value is -1.25. The van der Waals surface area contributed by atoms with Crippen molar-refractivity contribution in [2.45, 2.75) is 38.0 Å². The summed E-state index contributed by atoms with van der Waals surface area (Å²) in [6.07, 6.45) is -11.5. The van der Waals surface area contributed by atoms with Gasteiger partial charge in [0.25, 0.3) is 6.43 Å². The van der Waals surface area contributed by atoms with E-state index in [1.54, 1.807) is 0 Å². The van der Waals surface area contributed by atoms with Crippen LogP contribution in [0.5, 0.6) is 0 Å². The Labute approximate surface area is 92.4 Å². The zero-order valence-corrected chi connectivity index (χ0v) is 8.42. The summed E-state index contributed by atoms with van der Waals surface area (Å²) in [4.78, 5) is 3.46. The van der Waals surface area contributed by atoms with Gasteiger partial charge in [-0.05, 0) is 0 Å². The minimum Gasteiger partial charge on any atom is -0.387 e. The Morgan fingerprint density at radius 1 is 1.29 bits per heavy atom. The van der Waals surface area contributed by atoms with Crippen LogP contribution in [0, 0.1) is 0 Å². The van der Waals surface area contributed by atoms with Crippen molar-refractivity contribution in [3.05, 3.63) is 11.7 Å². The fourth-order valence-corrected chi connectivity index (χ4v) is 0.996. The molecule has 0 aromatic carbocycles. The lowest BCUT2D eigenvalue weighted by Crippen LogP contribution is -2.20. The van der Waals surface area contributed by atoms with Crippen LogP contribution in [-0.2, 0) is 12.8 Å². The quantitative estimate of drug-likeness (QED) is 0.819. The van der Waals surface area contributed by atoms with E-state index in [-0.39, 0.29) is 11.7 Å². The number of rotatable bonds is 5. The van der Waals surface area contributed by atoms with Gasteiger partial charge in [0.2, 0.25) is 5.89 Å². The van der Waals surface area contributed by atoms with Gasteiger partial charge in [-0.1, -0.05) is 5.16 Å². The van der Waals surface area contributed by atoms with E-state index < -0.39 is 38.0 Å². The third kappa shape index (κ3) is 5.07. The molecule has 0 fully saturated rings. The van der Waals surface area contributed by atoms with Gasteiger partial charge in [-0.2, -0.15) is 18.2 Å². The van der Waals surface area contributed by atoms with Crippen LogP contribution < -0.4 is 0 Å². The van der Waals surface area contributed by atoms with Crippen molar-refractivity contribution in [1.82, 2.24) is 10.1 Å². The molecule has 98 valence electrons. The highest BCUT2D eigenvalue weighted by Crippen LogP contribution is 2.21. The van der Waals surface area contributed by atoms with Crippen molar-refractivity contribution in [3.8, 4) is 0 Å². The molecule has 1 unspecified atom stereocenters. The van der Waals surface area contributed by atoms with E-state index in [9.17, 15) is 22.0 Å². The molecular weight excluding hydrogens is 251 g/mol. The number of hydrogen-bond donors (Lipinski definition) is 1. The van der Waals surface area contributed by atoms with E-state index >= 15 is 0 Å². The lowest BCUT2D eigenvalue weighted by Gasteiger charge is -2.04. The van der Waals surface area contributed by atoms with Crippen molar-refractivity contribution in [3.63, 3.8) is 0 Å². The van der Waals surface area contributed by atoms with E-state index in [1.165, 1.54) is 0 Å². The molecule has 0 bridgehead atoms. The molecular formula is C8H9F5N2O2. The molecule has 1 aromatic heterocycles. The molecule has 0 aliphatic heterocycles. The first kappa shape index (κ1) is 13.8. The van der Waals surface area contributed by atoms with Crippen molar-refractivity contribution < 1.29 is 31.6 Å². The lowest BCUT2D eigenvalue weighted by molar-refractivity contribution is -0.134. The maximum atomic E-state index is 11.9. The maximum Gasteiger partial charge on any atom is 0.389 e. The summed E-state index contributed by atoms with van der Waals surface area (Å²) in [6.45, 7) is 0. The normalized spacial score (nSPS) is 14.3. The SMILES string of the molecule is OC(Cc1nc(CCC(F)(F)F)no1)C(F)F. The summed E-state index contributed by atoms with van der Waals surface area (Å²) in [5.41, 5.74) is 0. The molecule has 0 radical (unpaired) electrons. The van der Waals surface area contributed by atoms with Crippen LogP contribution in [0.3, 0.4) is 0 Å². The molecule has 4 nitrogen and oxygen atoms in total. The lowest BCUT2D eigenvalue weighted by atomic mass is 10.2. The predicted molar refractivity (Wildman–Crippen MR) is 44.4 cm³/mol. The summed E-state index contributed by atoms with van der Waals surface area (Å²) >= 11 is 0. The van der Waals surface area contributed by atoms with Crippen molar-refractivity contribution in [2.24, 2.45) is 0 Å². The number of nitrogens with zero attached hydrogens (tertiary/aromatic N) is 2. The van der Waals surface area contributed by atoms with E-state index in [0.29, 0.717) is 0 Å². The van der Waals surface area contributed by atoms with Crippen LogP contribution in [0.15, 0.2) is 4.52 Å². The zero-order chi connectivity index (χ0) is 13.1. The minimum atomic E-state index is -4.34. The molecule has 9 heteroatoms. The predicted octanol–water partition coefficient (Wildman–Crippen LogP) is 1.73. The highest BCUT2D eigenvalue weighted by molar-refractivity contribution is 4.89. The molecule has 1 heterocycles. The molecule has 0 amide bonds.